The summed E-state index contributed by atoms with van der Waals surface area (Å²) in [6, 6.07) is 3.12. The molecule has 0 atom stereocenters. The molecule has 0 amide bonds. The zero-order valence-corrected chi connectivity index (χ0v) is 11.3. The molecule has 0 heterocycles. The Labute approximate surface area is 105 Å². The molecule has 1 aromatic rings. The zero-order chi connectivity index (χ0) is 13.1. The summed E-state index contributed by atoms with van der Waals surface area (Å²) in [6.45, 7) is -0.133. The third-order valence-electron chi connectivity index (χ3n) is 1.98. The number of hydrogen-bond acceptors (Lipinski definition) is 5. The normalized spacial score (nSPS) is 11.3. The van der Waals surface area contributed by atoms with Crippen LogP contribution in [-0.4, -0.2) is 28.9 Å². The lowest BCUT2D eigenvalue weighted by Gasteiger charge is -2.11. The van der Waals surface area contributed by atoms with Crippen LogP contribution >= 0.6 is 11.6 Å². The quantitative estimate of drug-likeness (QED) is 0.770. The second-order valence-corrected chi connectivity index (χ2v) is 5.32. The van der Waals surface area contributed by atoms with Gasteiger partial charge < -0.3 is 9.47 Å². The first-order valence-electron chi connectivity index (χ1n) is 4.62. The monoisotopic (exact) mass is 280 g/mol. The van der Waals surface area contributed by atoms with E-state index in [1.54, 1.807) is 12.1 Å². The minimum absolute atomic E-state index is 0.133. The third kappa shape index (κ3) is 4.07. The average molecular weight is 281 g/mol. The van der Waals surface area contributed by atoms with Gasteiger partial charge in [-0.1, -0.05) is 11.6 Å². The lowest BCUT2D eigenvalue weighted by molar-refractivity contribution is 0.301. The molecule has 1 aromatic carbocycles. The summed E-state index contributed by atoms with van der Waals surface area (Å²) in [6.07, 6.45) is 0.977. The molecule has 0 saturated heterocycles. The van der Waals surface area contributed by atoms with Crippen LogP contribution in [0.5, 0.6) is 11.5 Å². The van der Waals surface area contributed by atoms with Gasteiger partial charge in [-0.15, -0.1) is 0 Å². The van der Waals surface area contributed by atoms with E-state index in [9.17, 15) is 8.42 Å². The molecule has 0 fully saturated rings. The minimum Gasteiger partial charge on any atom is -0.496 e. The molecule has 96 valence electrons. The molecule has 7 heteroatoms. The summed E-state index contributed by atoms with van der Waals surface area (Å²) in [5.41, 5.74) is 0.531. The van der Waals surface area contributed by atoms with Crippen LogP contribution < -0.4 is 9.47 Å². The van der Waals surface area contributed by atoms with Crippen LogP contribution in [0.25, 0.3) is 0 Å². The first kappa shape index (κ1) is 14.1. The van der Waals surface area contributed by atoms with Crippen molar-refractivity contribution < 1.29 is 22.1 Å². The standard InChI is InChI=1S/C10H13ClO5S/c1-14-9-5-10(15-2)8(11)4-7(9)6-16-17(3,12)13/h4-5H,6H2,1-3H3. The van der Waals surface area contributed by atoms with Gasteiger partial charge in [0.1, 0.15) is 11.5 Å². The predicted molar refractivity (Wildman–Crippen MR) is 64.2 cm³/mol. The lowest BCUT2D eigenvalue weighted by Crippen LogP contribution is -2.04. The van der Waals surface area contributed by atoms with Gasteiger partial charge in [-0.05, 0) is 6.07 Å². The van der Waals surface area contributed by atoms with E-state index in [-0.39, 0.29) is 6.61 Å². The summed E-state index contributed by atoms with van der Waals surface area (Å²) in [4.78, 5) is 0. The van der Waals surface area contributed by atoms with Crippen molar-refractivity contribution in [3.05, 3.63) is 22.7 Å². The van der Waals surface area contributed by atoms with Crippen molar-refractivity contribution >= 4 is 21.7 Å². The molecule has 0 spiro atoms. The molecular formula is C10H13ClO5S. The second-order valence-electron chi connectivity index (χ2n) is 3.26. The highest BCUT2D eigenvalue weighted by atomic mass is 35.5. The van der Waals surface area contributed by atoms with E-state index in [0.717, 1.165) is 6.26 Å². The maximum Gasteiger partial charge on any atom is 0.264 e. The van der Waals surface area contributed by atoms with E-state index in [1.165, 1.54) is 14.2 Å². The fourth-order valence-corrected chi connectivity index (χ4v) is 1.81. The van der Waals surface area contributed by atoms with E-state index in [2.05, 4.69) is 4.18 Å². The molecule has 0 N–H and O–H groups in total. The smallest absolute Gasteiger partial charge is 0.264 e. The summed E-state index contributed by atoms with van der Waals surface area (Å²) in [5, 5.41) is 0.361. The molecule has 5 nitrogen and oxygen atoms in total. The summed E-state index contributed by atoms with van der Waals surface area (Å²) < 4.78 is 36.6. The Balaban J connectivity index is 3.02. The van der Waals surface area contributed by atoms with E-state index in [1.807, 2.05) is 0 Å². The summed E-state index contributed by atoms with van der Waals surface area (Å²) in [7, 11) is -0.561. The molecule has 0 aliphatic carbocycles. The maximum absolute atomic E-state index is 10.9. The number of halogens is 1. The van der Waals surface area contributed by atoms with Crippen LogP contribution in [0, 0.1) is 0 Å². The van der Waals surface area contributed by atoms with Crippen molar-refractivity contribution in [1.29, 1.82) is 0 Å². The fourth-order valence-electron chi connectivity index (χ4n) is 1.21. The summed E-state index contributed by atoms with van der Waals surface area (Å²) >= 11 is 5.92. The minimum atomic E-state index is -3.51. The van der Waals surface area contributed by atoms with Crippen molar-refractivity contribution in [3.8, 4) is 11.5 Å². The number of ether oxygens (including phenoxy) is 2. The zero-order valence-electron chi connectivity index (χ0n) is 9.69. The van der Waals surface area contributed by atoms with Crippen LogP contribution in [0.1, 0.15) is 5.56 Å². The first-order valence-corrected chi connectivity index (χ1v) is 6.81. The average Bonchev–Trinajstić information content (AvgIpc) is 2.25. The van der Waals surface area contributed by atoms with Crippen LogP contribution in [0.2, 0.25) is 5.02 Å². The molecule has 0 aliphatic rings. The topological polar surface area (TPSA) is 61.8 Å². The van der Waals surface area contributed by atoms with Gasteiger partial charge in [0.2, 0.25) is 0 Å². The molecule has 0 aliphatic heterocycles. The van der Waals surface area contributed by atoms with E-state index in [0.29, 0.717) is 22.1 Å². The Hall–Kier alpha value is -0.980. The van der Waals surface area contributed by atoms with Crippen molar-refractivity contribution in [2.45, 2.75) is 6.61 Å². The molecule has 0 saturated carbocycles. The lowest BCUT2D eigenvalue weighted by atomic mass is 10.2. The van der Waals surface area contributed by atoms with E-state index >= 15 is 0 Å². The molecular weight excluding hydrogens is 268 g/mol. The van der Waals surface area contributed by atoms with Crippen LogP contribution in [0.4, 0.5) is 0 Å². The fraction of sp³-hybridized carbons (Fsp3) is 0.400. The van der Waals surface area contributed by atoms with Crippen LogP contribution in [0.15, 0.2) is 12.1 Å². The van der Waals surface area contributed by atoms with Crippen molar-refractivity contribution in [2.75, 3.05) is 20.5 Å². The Morgan fingerprint density at radius 1 is 1.18 bits per heavy atom. The van der Waals surface area contributed by atoms with Gasteiger partial charge in [0, 0.05) is 11.6 Å². The molecule has 0 unspecified atom stereocenters. The van der Waals surface area contributed by atoms with Gasteiger partial charge >= 0.3 is 0 Å². The van der Waals surface area contributed by atoms with E-state index < -0.39 is 10.1 Å². The van der Waals surface area contributed by atoms with Gasteiger partial charge in [0.05, 0.1) is 32.1 Å². The van der Waals surface area contributed by atoms with Crippen LogP contribution in [-0.2, 0) is 20.9 Å². The predicted octanol–water partition coefficient (Wildman–Crippen LogP) is 1.83. The third-order valence-corrected chi connectivity index (χ3v) is 2.82. The Morgan fingerprint density at radius 3 is 2.24 bits per heavy atom. The number of methoxy groups -OCH3 is 2. The largest absolute Gasteiger partial charge is 0.496 e. The van der Waals surface area contributed by atoms with Crippen molar-refractivity contribution in [3.63, 3.8) is 0 Å². The van der Waals surface area contributed by atoms with Crippen molar-refractivity contribution in [1.82, 2.24) is 0 Å². The molecule has 17 heavy (non-hydrogen) atoms. The number of hydrogen-bond donors (Lipinski definition) is 0. The molecule has 1 rings (SSSR count). The first-order chi connectivity index (χ1) is 7.87. The van der Waals surface area contributed by atoms with Gasteiger partial charge in [-0.25, -0.2) is 0 Å². The Bertz CT molecular complexity index is 498. The number of rotatable bonds is 5. The Kier molecular flexibility index (Phi) is 4.62. The van der Waals surface area contributed by atoms with Crippen LogP contribution in [0.3, 0.4) is 0 Å². The highest BCUT2D eigenvalue weighted by Gasteiger charge is 2.12. The highest BCUT2D eigenvalue weighted by Crippen LogP contribution is 2.32. The highest BCUT2D eigenvalue weighted by molar-refractivity contribution is 7.85. The van der Waals surface area contributed by atoms with Gasteiger partial charge in [0.25, 0.3) is 10.1 Å². The van der Waals surface area contributed by atoms with Gasteiger partial charge in [-0.2, -0.15) is 8.42 Å². The van der Waals surface area contributed by atoms with Gasteiger partial charge in [-0.3, -0.25) is 4.18 Å². The second kappa shape index (κ2) is 5.57. The number of benzene rings is 1. The van der Waals surface area contributed by atoms with Crippen molar-refractivity contribution in [2.24, 2.45) is 0 Å². The molecule has 0 aromatic heterocycles. The SMILES string of the molecule is COc1cc(OC)c(COS(C)(=O)=O)cc1Cl. The summed E-state index contributed by atoms with van der Waals surface area (Å²) in [5.74, 6) is 0.904. The Morgan fingerprint density at radius 2 is 1.76 bits per heavy atom. The van der Waals surface area contributed by atoms with E-state index in [4.69, 9.17) is 21.1 Å². The molecule has 0 radical (unpaired) electrons. The molecule has 0 bridgehead atoms. The maximum atomic E-state index is 10.9. The van der Waals surface area contributed by atoms with Gasteiger partial charge in [0.15, 0.2) is 0 Å².